The lowest BCUT2D eigenvalue weighted by atomic mass is 9.98. The molecule has 0 spiro atoms. The van der Waals surface area contributed by atoms with Crippen molar-refractivity contribution < 1.29 is 9.90 Å². The number of aliphatic carboxylic acids is 1. The van der Waals surface area contributed by atoms with E-state index in [2.05, 4.69) is 25.7 Å². The molecule has 2 rings (SSSR count). The maximum atomic E-state index is 11.1. The molecule has 2 heterocycles. The number of hydrogen-bond donors (Lipinski definition) is 1. The Morgan fingerprint density at radius 3 is 2.58 bits per heavy atom. The van der Waals surface area contributed by atoms with E-state index < -0.39 is 5.97 Å². The SMILES string of the molecule is CC(C)(C)c1nc(C(CC(=O)O)N2CCCC2)cs1. The van der Waals surface area contributed by atoms with Crippen molar-refractivity contribution in [1.29, 1.82) is 0 Å². The molecule has 0 amide bonds. The average Bonchev–Trinajstić information content (AvgIpc) is 2.96. The fourth-order valence-electron chi connectivity index (χ4n) is 2.42. The van der Waals surface area contributed by atoms with Crippen molar-refractivity contribution in [1.82, 2.24) is 9.88 Å². The maximum absolute atomic E-state index is 11.1. The van der Waals surface area contributed by atoms with E-state index in [0.29, 0.717) is 0 Å². The van der Waals surface area contributed by atoms with Crippen LogP contribution in [0.4, 0.5) is 0 Å². The Kier molecular flexibility index (Phi) is 4.26. The Labute approximate surface area is 118 Å². The van der Waals surface area contributed by atoms with Crippen LogP contribution in [0.1, 0.15) is 56.8 Å². The lowest BCUT2D eigenvalue weighted by Crippen LogP contribution is -2.28. The summed E-state index contributed by atoms with van der Waals surface area (Å²) in [5, 5.41) is 12.2. The summed E-state index contributed by atoms with van der Waals surface area (Å²) in [5.41, 5.74) is 0.959. The molecule has 5 heteroatoms. The van der Waals surface area contributed by atoms with E-state index in [1.807, 2.05) is 5.38 Å². The fraction of sp³-hybridized carbons (Fsp3) is 0.714. The summed E-state index contributed by atoms with van der Waals surface area (Å²) < 4.78 is 0. The minimum Gasteiger partial charge on any atom is -0.481 e. The van der Waals surface area contributed by atoms with E-state index >= 15 is 0 Å². The number of nitrogens with zero attached hydrogens (tertiary/aromatic N) is 2. The highest BCUT2D eigenvalue weighted by atomic mass is 32.1. The zero-order valence-electron chi connectivity index (χ0n) is 11.8. The molecule has 1 aromatic heterocycles. The molecule has 0 radical (unpaired) electrons. The van der Waals surface area contributed by atoms with E-state index in [4.69, 9.17) is 10.1 Å². The van der Waals surface area contributed by atoms with Gasteiger partial charge in [-0.05, 0) is 25.9 Å². The highest BCUT2D eigenvalue weighted by molar-refractivity contribution is 7.09. The molecule has 1 saturated heterocycles. The van der Waals surface area contributed by atoms with Crippen molar-refractivity contribution in [2.75, 3.05) is 13.1 Å². The number of rotatable bonds is 4. The Morgan fingerprint density at radius 1 is 1.47 bits per heavy atom. The molecule has 1 atom stereocenters. The molecular formula is C14H22N2O2S. The Balaban J connectivity index is 2.22. The molecule has 106 valence electrons. The van der Waals surface area contributed by atoms with Crippen molar-refractivity contribution in [2.24, 2.45) is 0 Å². The van der Waals surface area contributed by atoms with Gasteiger partial charge in [-0.25, -0.2) is 4.98 Å². The summed E-state index contributed by atoms with van der Waals surface area (Å²) in [7, 11) is 0. The van der Waals surface area contributed by atoms with E-state index in [1.165, 1.54) is 0 Å². The second-order valence-corrected chi connectivity index (χ2v) is 7.04. The first kappa shape index (κ1) is 14.5. The smallest absolute Gasteiger partial charge is 0.305 e. The van der Waals surface area contributed by atoms with Crippen LogP contribution in [-0.2, 0) is 10.2 Å². The summed E-state index contributed by atoms with van der Waals surface area (Å²) >= 11 is 1.64. The van der Waals surface area contributed by atoms with Gasteiger partial charge in [-0.1, -0.05) is 20.8 Å². The number of aromatic nitrogens is 1. The van der Waals surface area contributed by atoms with Crippen LogP contribution in [0.2, 0.25) is 0 Å². The van der Waals surface area contributed by atoms with Crippen molar-refractivity contribution in [3.05, 3.63) is 16.1 Å². The lowest BCUT2D eigenvalue weighted by Gasteiger charge is -2.24. The standard InChI is InChI=1S/C14H22N2O2S/c1-14(2,3)13-15-10(9-19-13)11(8-12(17)18)16-6-4-5-7-16/h9,11H,4-8H2,1-3H3,(H,17,18). The van der Waals surface area contributed by atoms with E-state index in [0.717, 1.165) is 36.6 Å². The maximum Gasteiger partial charge on any atom is 0.305 e. The van der Waals surface area contributed by atoms with Gasteiger partial charge in [0, 0.05) is 10.8 Å². The van der Waals surface area contributed by atoms with Gasteiger partial charge in [0.1, 0.15) is 0 Å². The molecule has 1 aromatic rings. The van der Waals surface area contributed by atoms with E-state index in [1.54, 1.807) is 11.3 Å². The first-order chi connectivity index (χ1) is 8.88. The molecule has 1 aliphatic heterocycles. The number of likely N-dealkylation sites (tertiary alicyclic amines) is 1. The highest BCUT2D eigenvalue weighted by Gasteiger charge is 2.29. The minimum absolute atomic E-state index is 0.0295. The molecule has 0 saturated carbocycles. The summed E-state index contributed by atoms with van der Waals surface area (Å²) in [6, 6.07) is -0.0626. The van der Waals surface area contributed by atoms with Crippen LogP contribution in [0.5, 0.6) is 0 Å². The van der Waals surface area contributed by atoms with Gasteiger partial charge in [-0.2, -0.15) is 0 Å². The quantitative estimate of drug-likeness (QED) is 0.922. The third kappa shape index (κ3) is 3.54. The molecular weight excluding hydrogens is 260 g/mol. The van der Waals surface area contributed by atoms with Crippen LogP contribution in [0, 0.1) is 0 Å². The van der Waals surface area contributed by atoms with Crippen LogP contribution in [0.15, 0.2) is 5.38 Å². The molecule has 1 aliphatic rings. The molecule has 4 nitrogen and oxygen atoms in total. The van der Waals surface area contributed by atoms with Crippen molar-refractivity contribution >= 4 is 17.3 Å². The highest BCUT2D eigenvalue weighted by Crippen LogP contribution is 2.32. The first-order valence-corrected chi connectivity index (χ1v) is 7.67. The lowest BCUT2D eigenvalue weighted by molar-refractivity contribution is -0.138. The van der Waals surface area contributed by atoms with Crippen LogP contribution in [-0.4, -0.2) is 34.0 Å². The molecule has 0 aromatic carbocycles. The van der Waals surface area contributed by atoms with Gasteiger partial charge < -0.3 is 5.11 Å². The Morgan fingerprint density at radius 2 is 2.11 bits per heavy atom. The normalized spacial score (nSPS) is 18.7. The predicted octanol–water partition coefficient (Wildman–Crippen LogP) is 3.05. The van der Waals surface area contributed by atoms with E-state index in [-0.39, 0.29) is 17.9 Å². The van der Waals surface area contributed by atoms with E-state index in [9.17, 15) is 4.79 Å². The largest absolute Gasteiger partial charge is 0.481 e. The van der Waals surface area contributed by atoms with Gasteiger partial charge in [-0.3, -0.25) is 9.69 Å². The van der Waals surface area contributed by atoms with Crippen molar-refractivity contribution in [3.63, 3.8) is 0 Å². The number of carbonyl (C=O) groups is 1. The fourth-order valence-corrected chi connectivity index (χ4v) is 3.38. The molecule has 0 bridgehead atoms. The van der Waals surface area contributed by atoms with Crippen molar-refractivity contribution in [2.45, 2.75) is 51.5 Å². The number of thiazole rings is 1. The topological polar surface area (TPSA) is 53.4 Å². The number of hydrogen-bond acceptors (Lipinski definition) is 4. The molecule has 1 fully saturated rings. The molecule has 0 aliphatic carbocycles. The zero-order chi connectivity index (χ0) is 14.0. The first-order valence-electron chi connectivity index (χ1n) is 6.79. The number of carboxylic acid groups (broad SMARTS) is 1. The van der Waals surface area contributed by atoms with Crippen LogP contribution < -0.4 is 0 Å². The summed E-state index contributed by atoms with van der Waals surface area (Å²) in [6.45, 7) is 8.38. The minimum atomic E-state index is -0.748. The van der Waals surface area contributed by atoms with Gasteiger partial charge in [0.25, 0.3) is 0 Å². The molecule has 1 N–H and O–H groups in total. The third-order valence-corrected chi connectivity index (χ3v) is 4.74. The van der Waals surface area contributed by atoms with Gasteiger partial charge in [-0.15, -0.1) is 11.3 Å². The average molecular weight is 282 g/mol. The predicted molar refractivity (Wildman–Crippen MR) is 76.6 cm³/mol. The zero-order valence-corrected chi connectivity index (χ0v) is 12.7. The molecule has 19 heavy (non-hydrogen) atoms. The second-order valence-electron chi connectivity index (χ2n) is 6.18. The summed E-state index contributed by atoms with van der Waals surface area (Å²) in [5.74, 6) is -0.748. The van der Waals surface area contributed by atoms with Gasteiger partial charge in [0.05, 0.1) is 23.2 Å². The summed E-state index contributed by atoms with van der Waals surface area (Å²) in [6.07, 6.45) is 2.46. The van der Waals surface area contributed by atoms with Crippen LogP contribution in [0.3, 0.4) is 0 Å². The van der Waals surface area contributed by atoms with Crippen molar-refractivity contribution in [3.8, 4) is 0 Å². The van der Waals surface area contributed by atoms with Crippen LogP contribution in [0.25, 0.3) is 0 Å². The third-order valence-electron chi connectivity index (χ3n) is 3.45. The summed E-state index contributed by atoms with van der Waals surface area (Å²) in [4.78, 5) is 18.0. The molecule has 1 unspecified atom stereocenters. The van der Waals surface area contributed by atoms with Gasteiger partial charge >= 0.3 is 5.97 Å². The van der Waals surface area contributed by atoms with Crippen LogP contribution >= 0.6 is 11.3 Å². The number of carboxylic acids is 1. The monoisotopic (exact) mass is 282 g/mol. The van der Waals surface area contributed by atoms with Gasteiger partial charge in [0.15, 0.2) is 0 Å². The Hall–Kier alpha value is -0.940. The van der Waals surface area contributed by atoms with Gasteiger partial charge in [0.2, 0.25) is 0 Å². The second kappa shape index (κ2) is 5.59. The Bertz CT molecular complexity index is 445.